The first-order valence-electron chi connectivity index (χ1n) is 10.3. The van der Waals surface area contributed by atoms with Crippen LogP contribution >= 0.6 is 38.9 Å². The Bertz CT molecular complexity index is 1070. The van der Waals surface area contributed by atoms with Crippen molar-refractivity contribution in [1.29, 1.82) is 0 Å². The molecule has 11 heteroatoms. The molecular formula is C21H26BrClN4O3S2. The third kappa shape index (κ3) is 7.02. The molecule has 1 amide bonds. The number of benzene rings is 1. The molecule has 0 aliphatic carbocycles. The summed E-state index contributed by atoms with van der Waals surface area (Å²) in [5, 5.41) is 6.17. The number of hydrogen-bond acceptors (Lipinski definition) is 7. The van der Waals surface area contributed by atoms with Crippen molar-refractivity contribution in [3.05, 3.63) is 50.3 Å². The van der Waals surface area contributed by atoms with Gasteiger partial charge in [0, 0.05) is 36.6 Å². The molecular weight excluding hydrogens is 536 g/mol. The molecule has 174 valence electrons. The summed E-state index contributed by atoms with van der Waals surface area (Å²) in [6.07, 6.45) is 1.70. The summed E-state index contributed by atoms with van der Waals surface area (Å²) in [4.78, 5) is 18.5. The van der Waals surface area contributed by atoms with Crippen LogP contribution in [0.25, 0.3) is 0 Å². The van der Waals surface area contributed by atoms with Gasteiger partial charge in [-0.1, -0.05) is 35.9 Å². The van der Waals surface area contributed by atoms with E-state index in [1.807, 2.05) is 0 Å². The number of hydrogen-bond donors (Lipinski definition) is 2. The maximum absolute atomic E-state index is 12.4. The number of likely N-dealkylation sites (N-methyl/N-ethyl adjacent to an activating group) is 1. The van der Waals surface area contributed by atoms with Crippen molar-refractivity contribution < 1.29 is 13.2 Å². The van der Waals surface area contributed by atoms with Crippen LogP contribution in [0.15, 0.2) is 44.0 Å². The van der Waals surface area contributed by atoms with Gasteiger partial charge in [0.05, 0.1) is 10.9 Å². The summed E-state index contributed by atoms with van der Waals surface area (Å²) >= 11 is 10.1. The summed E-state index contributed by atoms with van der Waals surface area (Å²) in [5.41, 5.74) is 2.25. The molecule has 2 aromatic rings. The minimum atomic E-state index is -3.47. The Morgan fingerprint density at radius 1 is 1.34 bits per heavy atom. The van der Waals surface area contributed by atoms with Gasteiger partial charge in [-0.25, -0.2) is 8.42 Å². The number of amides is 1. The minimum Gasteiger partial charge on any atom is -0.368 e. The van der Waals surface area contributed by atoms with Gasteiger partial charge in [0.25, 0.3) is 0 Å². The third-order valence-corrected chi connectivity index (χ3v) is 9.60. The zero-order valence-electron chi connectivity index (χ0n) is 17.7. The summed E-state index contributed by atoms with van der Waals surface area (Å²) in [5.74, 6) is 0.797. The van der Waals surface area contributed by atoms with Gasteiger partial charge in [-0.15, -0.1) is 11.3 Å². The molecule has 2 heterocycles. The molecule has 0 bridgehead atoms. The van der Waals surface area contributed by atoms with E-state index in [-0.39, 0.29) is 16.0 Å². The van der Waals surface area contributed by atoms with Crippen molar-refractivity contribution in [2.45, 2.75) is 23.5 Å². The van der Waals surface area contributed by atoms with Crippen molar-refractivity contribution in [2.24, 2.45) is 4.99 Å². The average Bonchev–Trinajstić information content (AvgIpc) is 3.41. The van der Waals surface area contributed by atoms with E-state index in [4.69, 9.17) is 11.6 Å². The van der Waals surface area contributed by atoms with E-state index >= 15 is 0 Å². The van der Waals surface area contributed by atoms with Crippen LogP contribution in [0.5, 0.6) is 0 Å². The third-order valence-electron chi connectivity index (χ3n) is 5.01. The monoisotopic (exact) mass is 560 g/mol. The van der Waals surface area contributed by atoms with Gasteiger partial charge in [0.1, 0.15) is 15.9 Å². The maximum atomic E-state index is 12.4. The van der Waals surface area contributed by atoms with Crippen LogP contribution in [0.4, 0.5) is 0 Å². The smallest absolute Gasteiger partial charge is 0.222 e. The first-order chi connectivity index (χ1) is 15.3. The zero-order chi connectivity index (χ0) is 23.1. The molecule has 0 saturated carbocycles. The van der Waals surface area contributed by atoms with E-state index in [9.17, 15) is 13.2 Å². The number of sulfone groups is 1. The van der Waals surface area contributed by atoms with E-state index in [1.165, 1.54) is 5.56 Å². The molecule has 2 N–H and O–H groups in total. The van der Waals surface area contributed by atoms with Crippen LogP contribution in [0.3, 0.4) is 0 Å². The predicted octanol–water partition coefficient (Wildman–Crippen LogP) is 3.32. The summed E-state index contributed by atoms with van der Waals surface area (Å²) in [6, 6.07) is 9.82. The first-order valence-corrected chi connectivity index (χ1v) is 13.9. The number of amidine groups is 1. The van der Waals surface area contributed by atoms with Crippen molar-refractivity contribution in [2.75, 3.05) is 39.1 Å². The highest BCUT2D eigenvalue weighted by Crippen LogP contribution is 2.34. The minimum absolute atomic E-state index is 0.0450. The Kier molecular flexibility index (Phi) is 9.13. The van der Waals surface area contributed by atoms with Crippen molar-refractivity contribution in [3.8, 4) is 0 Å². The molecule has 1 aliphatic heterocycles. The highest BCUT2D eigenvalue weighted by Gasteiger charge is 2.21. The zero-order valence-corrected chi connectivity index (χ0v) is 21.7. The van der Waals surface area contributed by atoms with Crippen LogP contribution in [0, 0.1) is 0 Å². The van der Waals surface area contributed by atoms with Crippen molar-refractivity contribution in [3.63, 3.8) is 0 Å². The molecule has 0 unspecified atom stereocenters. The molecule has 7 nitrogen and oxygen atoms in total. The molecule has 0 spiro atoms. The number of carbonyl (C=O) groups is 1. The number of carbonyl (C=O) groups excluding carboxylic acids is 1. The lowest BCUT2D eigenvalue weighted by molar-refractivity contribution is -0.129. The number of thiophene rings is 1. The van der Waals surface area contributed by atoms with Gasteiger partial charge < -0.3 is 15.5 Å². The van der Waals surface area contributed by atoms with Crippen LogP contribution in [-0.4, -0.2) is 64.2 Å². The topological polar surface area (TPSA) is 90.9 Å². The Balaban J connectivity index is 1.34. The average molecular weight is 562 g/mol. The normalized spacial score (nSPS) is 13.7. The summed E-state index contributed by atoms with van der Waals surface area (Å²) in [7, 11) is -1.67. The van der Waals surface area contributed by atoms with E-state index in [0.717, 1.165) is 42.2 Å². The second kappa shape index (κ2) is 11.6. The summed E-state index contributed by atoms with van der Waals surface area (Å²) in [6.45, 7) is 2.77. The van der Waals surface area contributed by atoms with Crippen molar-refractivity contribution >= 4 is 60.4 Å². The molecule has 0 saturated heterocycles. The highest BCUT2D eigenvalue weighted by atomic mass is 79.9. The van der Waals surface area contributed by atoms with Gasteiger partial charge in [0.2, 0.25) is 15.7 Å². The molecule has 1 aromatic heterocycles. The fourth-order valence-corrected chi connectivity index (χ4v) is 7.54. The molecule has 1 aliphatic rings. The lowest BCUT2D eigenvalue weighted by atomic mass is 10.1. The fraction of sp³-hybridized carbons (Fsp3) is 0.429. The summed E-state index contributed by atoms with van der Waals surface area (Å²) < 4.78 is 25.8. The largest absolute Gasteiger partial charge is 0.368 e. The first kappa shape index (κ1) is 25.2. The second-order valence-electron chi connectivity index (χ2n) is 7.47. The SMILES string of the molecule is CN(CCc1ccc(C2=NCCN2)cc1)C(=O)CCCNCS(=O)(=O)c1sc(Cl)cc1Br. The van der Waals surface area contributed by atoms with Crippen molar-refractivity contribution in [1.82, 2.24) is 15.5 Å². The number of halogens is 2. The Morgan fingerprint density at radius 2 is 2.09 bits per heavy atom. The van der Waals surface area contributed by atoms with Crippen LogP contribution in [0.1, 0.15) is 24.0 Å². The van der Waals surface area contributed by atoms with Gasteiger partial charge in [-0.2, -0.15) is 0 Å². The van der Waals surface area contributed by atoms with E-state index in [1.54, 1.807) is 18.0 Å². The maximum Gasteiger partial charge on any atom is 0.222 e. The number of nitrogens with one attached hydrogen (secondary N) is 2. The Morgan fingerprint density at radius 3 is 2.72 bits per heavy atom. The quantitative estimate of drug-likeness (QED) is 0.411. The molecule has 1 aromatic carbocycles. The van der Waals surface area contributed by atoms with Gasteiger partial charge in [0.15, 0.2) is 0 Å². The Hall–Kier alpha value is -1.46. The molecule has 32 heavy (non-hydrogen) atoms. The van der Waals surface area contributed by atoms with Crippen LogP contribution in [0.2, 0.25) is 4.34 Å². The standard InChI is InChI=1S/C21H26BrClN4O3S2/c1-27(12-8-15-4-6-16(7-5-15)20-25-10-11-26-20)19(28)3-2-9-24-14-32(29,30)21-17(22)13-18(23)31-21/h4-7,13,24H,2-3,8-12,14H2,1H3,(H,25,26). The molecule has 0 fully saturated rings. The molecule has 3 rings (SSSR count). The van der Waals surface area contributed by atoms with Gasteiger partial charge in [-0.3, -0.25) is 9.79 Å². The Labute approximate surface area is 206 Å². The number of rotatable bonds is 11. The number of nitrogens with zero attached hydrogens (tertiary/aromatic N) is 2. The molecule has 0 atom stereocenters. The van der Waals surface area contributed by atoms with Gasteiger partial charge >= 0.3 is 0 Å². The second-order valence-corrected chi connectivity index (χ2v) is 12.2. The number of aliphatic imine (C=N–C) groups is 1. The van der Waals surface area contributed by atoms with E-state index in [0.29, 0.717) is 34.7 Å². The van der Waals surface area contributed by atoms with E-state index in [2.05, 4.69) is 55.8 Å². The van der Waals surface area contributed by atoms with Crippen LogP contribution < -0.4 is 10.6 Å². The fourth-order valence-electron chi connectivity index (χ4n) is 3.21. The predicted molar refractivity (Wildman–Crippen MR) is 134 cm³/mol. The van der Waals surface area contributed by atoms with E-state index < -0.39 is 9.84 Å². The lowest BCUT2D eigenvalue weighted by Crippen LogP contribution is -2.30. The highest BCUT2D eigenvalue weighted by molar-refractivity contribution is 9.10. The van der Waals surface area contributed by atoms with Crippen LogP contribution in [-0.2, 0) is 21.1 Å². The molecule has 0 radical (unpaired) electrons. The lowest BCUT2D eigenvalue weighted by Gasteiger charge is -2.17. The van der Waals surface area contributed by atoms with Gasteiger partial charge in [-0.05, 0) is 46.9 Å².